The Hall–Kier alpha value is -1.85. The maximum atomic E-state index is 12.4. The molecule has 3 rings (SSSR count). The van der Waals surface area contributed by atoms with Gasteiger partial charge in [0, 0.05) is 12.8 Å². The van der Waals surface area contributed by atoms with Crippen molar-refractivity contribution in [1.82, 2.24) is 0 Å². The predicted molar refractivity (Wildman–Crippen MR) is 117 cm³/mol. The first-order chi connectivity index (χ1) is 13.7. The zero-order valence-corrected chi connectivity index (χ0v) is 18.5. The van der Waals surface area contributed by atoms with E-state index < -0.39 is 14.6 Å². The molecule has 1 aliphatic heterocycles. The van der Waals surface area contributed by atoms with Gasteiger partial charge in [0.15, 0.2) is 9.84 Å². The van der Waals surface area contributed by atoms with Gasteiger partial charge in [0.2, 0.25) is 0 Å². The van der Waals surface area contributed by atoms with E-state index >= 15 is 0 Å². The molecular formula is C24H32O4S. The van der Waals surface area contributed by atoms with Crippen molar-refractivity contribution in [1.29, 1.82) is 0 Å². The largest absolute Gasteiger partial charge is 0.490 e. The maximum absolute atomic E-state index is 12.4. The van der Waals surface area contributed by atoms with Gasteiger partial charge in [0.1, 0.15) is 11.9 Å². The summed E-state index contributed by atoms with van der Waals surface area (Å²) in [6.45, 7) is 6.80. The molecular weight excluding hydrogens is 384 g/mol. The lowest BCUT2D eigenvalue weighted by atomic mass is 10.0. The monoisotopic (exact) mass is 416 g/mol. The summed E-state index contributed by atoms with van der Waals surface area (Å²) in [4.78, 5) is 0. The molecule has 1 fully saturated rings. The summed E-state index contributed by atoms with van der Waals surface area (Å²) in [6, 6.07) is 16.3. The molecule has 0 spiro atoms. The molecule has 158 valence electrons. The second kappa shape index (κ2) is 9.31. The van der Waals surface area contributed by atoms with Crippen LogP contribution in [0.2, 0.25) is 0 Å². The topological polar surface area (TPSA) is 52.6 Å². The SMILES string of the molecule is CC(C)(C)S(=O)(=O)Cc1ccc(CCc2ccc(OC3CCOCC3)cc2)cc1. The lowest BCUT2D eigenvalue weighted by Gasteiger charge is -2.23. The Morgan fingerprint density at radius 3 is 1.86 bits per heavy atom. The van der Waals surface area contributed by atoms with Gasteiger partial charge >= 0.3 is 0 Å². The molecule has 0 aromatic heterocycles. The van der Waals surface area contributed by atoms with Crippen LogP contribution in [0.5, 0.6) is 5.75 Å². The summed E-state index contributed by atoms with van der Waals surface area (Å²) in [5.41, 5.74) is 3.33. The van der Waals surface area contributed by atoms with E-state index in [-0.39, 0.29) is 11.9 Å². The molecule has 0 aliphatic carbocycles. The molecule has 0 bridgehead atoms. The van der Waals surface area contributed by atoms with Gasteiger partial charge in [0.05, 0.1) is 23.7 Å². The molecule has 4 nitrogen and oxygen atoms in total. The molecule has 0 unspecified atom stereocenters. The van der Waals surface area contributed by atoms with E-state index in [9.17, 15) is 8.42 Å². The van der Waals surface area contributed by atoms with Crippen LogP contribution in [0.1, 0.15) is 50.3 Å². The summed E-state index contributed by atoms with van der Waals surface area (Å²) in [6.07, 6.45) is 4.03. The number of hydrogen-bond donors (Lipinski definition) is 0. The van der Waals surface area contributed by atoms with Gasteiger partial charge in [-0.05, 0) is 62.4 Å². The van der Waals surface area contributed by atoms with Crippen LogP contribution in [0.3, 0.4) is 0 Å². The van der Waals surface area contributed by atoms with Crippen LogP contribution in [-0.2, 0) is 33.2 Å². The number of benzene rings is 2. The first kappa shape index (κ1) is 21.8. The summed E-state index contributed by atoms with van der Waals surface area (Å²) in [5.74, 6) is 1.01. The van der Waals surface area contributed by atoms with Crippen molar-refractivity contribution >= 4 is 9.84 Å². The highest BCUT2D eigenvalue weighted by Crippen LogP contribution is 2.22. The Balaban J connectivity index is 1.51. The minimum Gasteiger partial charge on any atom is -0.490 e. The van der Waals surface area contributed by atoms with Gasteiger partial charge in [-0.2, -0.15) is 0 Å². The number of ether oxygens (including phenoxy) is 2. The highest BCUT2D eigenvalue weighted by atomic mass is 32.2. The van der Waals surface area contributed by atoms with Crippen molar-refractivity contribution in [2.24, 2.45) is 0 Å². The first-order valence-corrected chi connectivity index (χ1v) is 12.0. The Morgan fingerprint density at radius 2 is 1.34 bits per heavy atom. The summed E-state index contributed by atoms with van der Waals surface area (Å²) >= 11 is 0. The average molecular weight is 417 g/mol. The number of sulfone groups is 1. The van der Waals surface area contributed by atoms with Crippen molar-refractivity contribution in [3.63, 3.8) is 0 Å². The molecule has 2 aromatic rings. The number of hydrogen-bond acceptors (Lipinski definition) is 4. The first-order valence-electron chi connectivity index (χ1n) is 10.4. The number of rotatable bonds is 7. The van der Waals surface area contributed by atoms with Crippen molar-refractivity contribution in [2.75, 3.05) is 13.2 Å². The molecule has 0 N–H and O–H groups in total. The predicted octanol–water partition coefficient (Wildman–Crippen LogP) is 4.74. The maximum Gasteiger partial charge on any atom is 0.159 e. The average Bonchev–Trinajstić information content (AvgIpc) is 2.68. The van der Waals surface area contributed by atoms with Crippen molar-refractivity contribution in [2.45, 2.75) is 63.1 Å². The smallest absolute Gasteiger partial charge is 0.159 e. The van der Waals surface area contributed by atoms with Gasteiger partial charge in [-0.1, -0.05) is 36.4 Å². The standard InChI is InChI=1S/C24H32O4S/c1-24(2,3)29(25,26)18-21-8-6-19(7-9-21)4-5-20-10-12-22(13-11-20)28-23-14-16-27-17-15-23/h6-13,23H,4-5,14-18H2,1-3H3. The summed E-state index contributed by atoms with van der Waals surface area (Å²) < 4.78 is 35.4. The van der Waals surface area contributed by atoms with Gasteiger partial charge in [-0.25, -0.2) is 8.42 Å². The molecule has 0 radical (unpaired) electrons. The lowest BCUT2D eigenvalue weighted by Crippen LogP contribution is -2.29. The Kier molecular flexibility index (Phi) is 7.01. The van der Waals surface area contributed by atoms with Crippen LogP contribution in [-0.4, -0.2) is 32.5 Å². The molecule has 29 heavy (non-hydrogen) atoms. The van der Waals surface area contributed by atoms with E-state index in [1.54, 1.807) is 20.8 Å². The van der Waals surface area contributed by atoms with Gasteiger partial charge in [-0.3, -0.25) is 0 Å². The normalized spacial score (nSPS) is 16.0. The lowest BCUT2D eigenvalue weighted by molar-refractivity contribution is 0.0255. The summed E-state index contributed by atoms with van der Waals surface area (Å²) in [7, 11) is -3.15. The van der Waals surface area contributed by atoms with Crippen LogP contribution in [0.25, 0.3) is 0 Å². The van der Waals surface area contributed by atoms with Crippen molar-refractivity contribution in [3.05, 3.63) is 65.2 Å². The second-order valence-corrected chi connectivity index (χ2v) is 11.5. The van der Waals surface area contributed by atoms with Crippen molar-refractivity contribution < 1.29 is 17.9 Å². The van der Waals surface area contributed by atoms with Crippen LogP contribution in [0.15, 0.2) is 48.5 Å². The molecule has 0 atom stereocenters. The molecule has 2 aromatic carbocycles. The third-order valence-corrected chi connectivity index (χ3v) is 7.99. The molecule has 5 heteroatoms. The van der Waals surface area contributed by atoms with Crippen LogP contribution in [0, 0.1) is 0 Å². The Labute approximate surface area is 175 Å². The molecule has 1 heterocycles. The van der Waals surface area contributed by atoms with Gasteiger partial charge in [-0.15, -0.1) is 0 Å². The molecule has 0 saturated carbocycles. The van der Waals surface area contributed by atoms with Crippen molar-refractivity contribution in [3.8, 4) is 5.75 Å². The van der Waals surface area contributed by atoms with E-state index in [0.717, 1.165) is 50.2 Å². The fourth-order valence-electron chi connectivity index (χ4n) is 3.25. The minimum atomic E-state index is -3.15. The zero-order valence-electron chi connectivity index (χ0n) is 17.7. The Morgan fingerprint density at radius 1 is 0.862 bits per heavy atom. The fraction of sp³-hybridized carbons (Fsp3) is 0.500. The van der Waals surface area contributed by atoms with E-state index in [4.69, 9.17) is 9.47 Å². The molecule has 0 amide bonds. The highest BCUT2D eigenvalue weighted by molar-refractivity contribution is 7.91. The van der Waals surface area contributed by atoms with Gasteiger partial charge in [0.25, 0.3) is 0 Å². The zero-order chi connectivity index (χ0) is 20.9. The van der Waals surface area contributed by atoms with E-state index in [2.05, 4.69) is 12.1 Å². The molecule has 1 saturated heterocycles. The quantitative estimate of drug-likeness (QED) is 0.654. The van der Waals surface area contributed by atoms with E-state index in [1.165, 1.54) is 11.1 Å². The molecule has 1 aliphatic rings. The fourth-order valence-corrected chi connectivity index (χ4v) is 4.31. The van der Waals surface area contributed by atoms with E-state index in [0.29, 0.717) is 0 Å². The van der Waals surface area contributed by atoms with Gasteiger partial charge < -0.3 is 9.47 Å². The van der Waals surface area contributed by atoms with E-state index in [1.807, 2.05) is 36.4 Å². The third kappa shape index (κ3) is 6.31. The summed E-state index contributed by atoms with van der Waals surface area (Å²) in [5, 5.41) is 0. The van der Waals surface area contributed by atoms with Crippen LogP contribution < -0.4 is 4.74 Å². The van der Waals surface area contributed by atoms with Crippen LogP contribution in [0.4, 0.5) is 0 Å². The second-order valence-electron chi connectivity index (χ2n) is 8.76. The Bertz CT molecular complexity index is 872. The number of aryl methyl sites for hydroxylation is 2. The minimum absolute atomic E-state index is 0.0887. The van der Waals surface area contributed by atoms with Crippen LogP contribution >= 0.6 is 0 Å². The third-order valence-electron chi connectivity index (χ3n) is 5.41. The highest BCUT2D eigenvalue weighted by Gasteiger charge is 2.28.